The van der Waals surface area contributed by atoms with Gasteiger partial charge >= 0.3 is 0 Å². The number of hydrogen-bond acceptors (Lipinski definition) is 6. The number of piperazine rings is 1. The van der Waals surface area contributed by atoms with Crippen molar-refractivity contribution in [2.45, 2.75) is 19.9 Å². The highest BCUT2D eigenvalue weighted by molar-refractivity contribution is 5.92. The number of hydrogen-bond donors (Lipinski definition) is 1. The van der Waals surface area contributed by atoms with Gasteiger partial charge in [-0.25, -0.2) is 0 Å². The van der Waals surface area contributed by atoms with Crippen molar-refractivity contribution in [3.05, 3.63) is 23.8 Å². The summed E-state index contributed by atoms with van der Waals surface area (Å²) in [6, 6.07) is 3.26. The zero-order chi connectivity index (χ0) is 21.6. The van der Waals surface area contributed by atoms with Gasteiger partial charge in [0.1, 0.15) is 0 Å². The van der Waals surface area contributed by atoms with Crippen LogP contribution < -0.4 is 19.9 Å². The molecule has 0 bridgehead atoms. The fourth-order valence-electron chi connectivity index (χ4n) is 3.67. The second-order valence-electron chi connectivity index (χ2n) is 7.21. The first-order valence-corrected chi connectivity index (χ1v) is 9.63. The number of ether oxygens (including phenoxy) is 3. The number of nitrogens with two attached hydrogens (primary N) is 1. The van der Waals surface area contributed by atoms with Crippen molar-refractivity contribution in [3.63, 3.8) is 0 Å². The third-order valence-electron chi connectivity index (χ3n) is 5.08. The van der Waals surface area contributed by atoms with Gasteiger partial charge in [-0.3, -0.25) is 14.5 Å². The van der Waals surface area contributed by atoms with Gasteiger partial charge in [-0.05, 0) is 24.1 Å². The van der Waals surface area contributed by atoms with E-state index in [0.29, 0.717) is 49.0 Å². The number of methoxy groups -OCH3 is 3. The van der Waals surface area contributed by atoms with E-state index >= 15 is 0 Å². The van der Waals surface area contributed by atoms with Crippen LogP contribution in [0.25, 0.3) is 6.08 Å². The zero-order valence-electron chi connectivity index (χ0n) is 17.8. The summed E-state index contributed by atoms with van der Waals surface area (Å²) in [4.78, 5) is 28.2. The van der Waals surface area contributed by atoms with E-state index in [-0.39, 0.29) is 23.8 Å². The monoisotopic (exact) mass is 405 g/mol. The number of rotatable bonds is 8. The molecule has 1 aliphatic rings. The molecule has 1 aromatic rings. The highest BCUT2D eigenvalue weighted by atomic mass is 16.5. The molecule has 2 amide bonds. The van der Waals surface area contributed by atoms with Crippen molar-refractivity contribution in [1.82, 2.24) is 9.80 Å². The maximum absolute atomic E-state index is 12.6. The fourth-order valence-corrected chi connectivity index (χ4v) is 3.67. The average molecular weight is 405 g/mol. The third kappa shape index (κ3) is 5.20. The first kappa shape index (κ1) is 22.5. The number of amides is 2. The molecule has 0 saturated carbocycles. The first-order chi connectivity index (χ1) is 13.8. The van der Waals surface area contributed by atoms with E-state index in [9.17, 15) is 9.59 Å². The van der Waals surface area contributed by atoms with Gasteiger partial charge in [-0.2, -0.15) is 0 Å². The fraction of sp³-hybridized carbons (Fsp3) is 0.524. The summed E-state index contributed by atoms with van der Waals surface area (Å²) < 4.78 is 16.1. The largest absolute Gasteiger partial charge is 0.493 e. The van der Waals surface area contributed by atoms with E-state index in [1.165, 1.54) is 13.2 Å². The molecule has 1 fully saturated rings. The van der Waals surface area contributed by atoms with E-state index in [0.717, 1.165) is 0 Å². The summed E-state index contributed by atoms with van der Waals surface area (Å²) in [5.41, 5.74) is 6.26. The van der Waals surface area contributed by atoms with Crippen LogP contribution in [-0.4, -0.2) is 75.2 Å². The Morgan fingerprint density at radius 3 is 2.10 bits per heavy atom. The lowest BCUT2D eigenvalue weighted by molar-refractivity contribution is -0.130. The predicted octanol–water partition coefficient (Wildman–Crippen LogP) is 1.38. The molecule has 0 aromatic heterocycles. The Morgan fingerprint density at radius 1 is 1.00 bits per heavy atom. The van der Waals surface area contributed by atoms with Gasteiger partial charge in [0.2, 0.25) is 17.6 Å². The van der Waals surface area contributed by atoms with Gasteiger partial charge in [0.15, 0.2) is 11.5 Å². The first-order valence-electron chi connectivity index (χ1n) is 9.63. The average Bonchev–Trinajstić information content (AvgIpc) is 2.71. The van der Waals surface area contributed by atoms with Crippen LogP contribution in [0.15, 0.2) is 18.2 Å². The Kier molecular flexibility index (Phi) is 7.90. The summed E-state index contributed by atoms with van der Waals surface area (Å²) in [6.07, 6.45) is 3.23. The third-order valence-corrected chi connectivity index (χ3v) is 5.08. The number of carbonyl (C=O) groups is 2. The van der Waals surface area contributed by atoms with Gasteiger partial charge in [-0.15, -0.1) is 0 Å². The molecule has 2 rings (SSSR count). The van der Waals surface area contributed by atoms with Crippen LogP contribution in [0.5, 0.6) is 17.2 Å². The van der Waals surface area contributed by atoms with E-state index in [1.54, 1.807) is 31.3 Å². The highest BCUT2D eigenvalue weighted by Gasteiger charge is 2.30. The molecular formula is C21H31N3O5. The standard InChI is InChI=1S/C21H31N3O5/c1-14(2)18(21(22)26)24-12-10-23(11-13-24)17(25)9-7-15-6-8-16(27-3)20(29-5)19(15)28-4/h6-9,14,18H,10-13H2,1-5H3,(H2,22,26)/b9-7+. The Morgan fingerprint density at radius 2 is 1.62 bits per heavy atom. The molecular weight excluding hydrogens is 374 g/mol. The molecule has 160 valence electrons. The number of primary amides is 1. The smallest absolute Gasteiger partial charge is 0.246 e. The van der Waals surface area contributed by atoms with Crippen LogP contribution in [0.4, 0.5) is 0 Å². The van der Waals surface area contributed by atoms with Crippen molar-refractivity contribution in [2.24, 2.45) is 11.7 Å². The van der Waals surface area contributed by atoms with Gasteiger partial charge in [0, 0.05) is 37.8 Å². The van der Waals surface area contributed by atoms with Crippen molar-refractivity contribution in [3.8, 4) is 17.2 Å². The lowest BCUT2D eigenvalue weighted by atomic mass is 10.0. The molecule has 1 unspecified atom stereocenters. The Bertz CT molecular complexity index is 755. The number of nitrogens with zero attached hydrogens (tertiary/aromatic N) is 2. The summed E-state index contributed by atoms with van der Waals surface area (Å²) >= 11 is 0. The molecule has 1 saturated heterocycles. The molecule has 1 atom stereocenters. The second kappa shape index (κ2) is 10.2. The van der Waals surface area contributed by atoms with Crippen LogP contribution in [-0.2, 0) is 9.59 Å². The van der Waals surface area contributed by atoms with E-state index in [2.05, 4.69) is 4.90 Å². The lowest BCUT2D eigenvalue weighted by Gasteiger charge is -2.39. The molecule has 29 heavy (non-hydrogen) atoms. The zero-order valence-corrected chi connectivity index (χ0v) is 17.8. The van der Waals surface area contributed by atoms with Crippen LogP contribution in [0.2, 0.25) is 0 Å². The predicted molar refractivity (Wildman–Crippen MR) is 111 cm³/mol. The van der Waals surface area contributed by atoms with Gasteiger partial charge < -0.3 is 24.8 Å². The van der Waals surface area contributed by atoms with Crippen molar-refractivity contribution in [2.75, 3.05) is 47.5 Å². The molecule has 1 aromatic carbocycles. The molecule has 8 nitrogen and oxygen atoms in total. The van der Waals surface area contributed by atoms with Crippen molar-refractivity contribution in [1.29, 1.82) is 0 Å². The minimum Gasteiger partial charge on any atom is -0.493 e. The van der Waals surface area contributed by atoms with Crippen LogP contribution in [0.1, 0.15) is 19.4 Å². The van der Waals surface area contributed by atoms with E-state index < -0.39 is 0 Å². The normalized spacial score (nSPS) is 16.1. The van der Waals surface area contributed by atoms with Crippen LogP contribution in [0, 0.1) is 5.92 Å². The maximum Gasteiger partial charge on any atom is 0.246 e. The lowest BCUT2D eigenvalue weighted by Crippen LogP contribution is -2.56. The minimum absolute atomic E-state index is 0.0957. The van der Waals surface area contributed by atoms with E-state index in [1.807, 2.05) is 19.9 Å². The quantitative estimate of drug-likeness (QED) is 0.657. The van der Waals surface area contributed by atoms with Gasteiger partial charge in [-0.1, -0.05) is 13.8 Å². The van der Waals surface area contributed by atoms with Crippen molar-refractivity contribution < 1.29 is 23.8 Å². The summed E-state index contributed by atoms with van der Waals surface area (Å²) in [5, 5.41) is 0. The minimum atomic E-state index is -0.319. The summed E-state index contributed by atoms with van der Waals surface area (Å²) in [6.45, 7) is 6.28. The van der Waals surface area contributed by atoms with Gasteiger partial charge in [0.05, 0.1) is 27.4 Å². The van der Waals surface area contributed by atoms with E-state index in [4.69, 9.17) is 19.9 Å². The number of benzene rings is 1. The van der Waals surface area contributed by atoms with Crippen molar-refractivity contribution >= 4 is 17.9 Å². The topological polar surface area (TPSA) is 94.3 Å². The molecule has 1 aliphatic heterocycles. The second-order valence-corrected chi connectivity index (χ2v) is 7.21. The maximum atomic E-state index is 12.6. The SMILES string of the molecule is COc1ccc(/C=C/C(=O)N2CCN(C(C(N)=O)C(C)C)CC2)c(OC)c1OC. The molecule has 0 spiro atoms. The number of carbonyl (C=O) groups excluding carboxylic acids is 2. The summed E-state index contributed by atoms with van der Waals surface area (Å²) in [7, 11) is 4.63. The Hall–Kier alpha value is -2.74. The molecule has 0 radical (unpaired) electrons. The van der Waals surface area contributed by atoms with Crippen LogP contribution in [0.3, 0.4) is 0 Å². The van der Waals surface area contributed by atoms with Gasteiger partial charge in [0.25, 0.3) is 0 Å². The molecule has 0 aliphatic carbocycles. The molecule has 1 heterocycles. The summed E-state index contributed by atoms with van der Waals surface area (Å²) in [5.74, 6) is 1.25. The van der Waals surface area contributed by atoms with Crippen LogP contribution >= 0.6 is 0 Å². The molecule has 8 heteroatoms. The molecule has 2 N–H and O–H groups in total. The highest BCUT2D eigenvalue weighted by Crippen LogP contribution is 2.40. The Labute approximate surface area is 172 Å². The Balaban J connectivity index is 2.07.